The largest absolute Gasteiger partial charge is 0.308 e. The Hall–Kier alpha value is -2.92. The number of fused-ring (bicyclic) bond motifs is 1. The van der Waals surface area contributed by atoms with Gasteiger partial charge in [0.15, 0.2) is 5.78 Å². The zero-order valence-corrected chi connectivity index (χ0v) is 18.6. The Morgan fingerprint density at radius 1 is 1.13 bits per heavy atom. The number of halogens is 1. The molecule has 1 aromatic heterocycles. The number of carbonyl (C=O) groups is 2. The van der Waals surface area contributed by atoms with Crippen molar-refractivity contribution in [2.24, 2.45) is 0 Å². The maximum atomic E-state index is 13.0. The van der Waals surface area contributed by atoms with Gasteiger partial charge in [0.2, 0.25) is 0 Å². The lowest BCUT2D eigenvalue weighted by Crippen LogP contribution is -2.35. The van der Waals surface area contributed by atoms with Gasteiger partial charge in [-0.2, -0.15) is 5.10 Å². The minimum Gasteiger partial charge on any atom is -0.308 e. The van der Waals surface area contributed by atoms with E-state index in [1.54, 1.807) is 35.1 Å². The summed E-state index contributed by atoms with van der Waals surface area (Å²) in [5.41, 5.74) is 4.46. The Bertz CT molecular complexity index is 1120. The Morgan fingerprint density at radius 2 is 1.97 bits per heavy atom. The van der Waals surface area contributed by atoms with E-state index in [0.29, 0.717) is 35.5 Å². The van der Waals surface area contributed by atoms with Gasteiger partial charge in [-0.05, 0) is 68.5 Å². The lowest BCUT2D eigenvalue weighted by Gasteiger charge is -2.30. The molecule has 1 aliphatic rings. The van der Waals surface area contributed by atoms with Crippen molar-refractivity contribution in [1.82, 2.24) is 9.78 Å². The summed E-state index contributed by atoms with van der Waals surface area (Å²) in [5, 5.41) is 4.81. The molecule has 4 rings (SSSR count). The number of carbonyl (C=O) groups excluding carboxylic acids is 2. The molecule has 2 aromatic carbocycles. The molecule has 3 aromatic rings. The predicted octanol–water partition coefficient (Wildman–Crippen LogP) is 5.53. The van der Waals surface area contributed by atoms with E-state index in [9.17, 15) is 9.59 Å². The molecule has 0 N–H and O–H groups in total. The second-order valence-electron chi connectivity index (χ2n) is 8.26. The van der Waals surface area contributed by atoms with Gasteiger partial charge in [0.1, 0.15) is 0 Å². The highest BCUT2D eigenvalue weighted by Crippen LogP contribution is 2.30. The number of ketones is 1. The van der Waals surface area contributed by atoms with Crippen molar-refractivity contribution in [3.8, 4) is 0 Å². The van der Waals surface area contributed by atoms with E-state index in [1.165, 1.54) is 0 Å². The van der Waals surface area contributed by atoms with Crippen LogP contribution in [0.25, 0.3) is 0 Å². The molecule has 1 aliphatic heterocycles. The third kappa shape index (κ3) is 4.72. The van der Waals surface area contributed by atoms with E-state index in [0.717, 1.165) is 29.7 Å². The normalized spacial score (nSPS) is 13.4. The Labute approximate surface area is 187 Å². The number of aryl methyl sites for hydroxylation is 2. The summed E-state index contributed by atoms with van der Waals surface area (Å²) in [6, 6.07) is 13.5. The maximum Gasteiger partial charge on any atom is 0.258 e. The first-order valence-electron chi connectivity index (χ1n) is 10.7. The van der Waals surface area contributed by atoms with Gasteiger partial charge in [-0.3, -0.25) is 14.3 Å². The minimum absolute atomic E-state index is 0.0338. The molecule has 0 radical (unpaired) electrons. The Kier molecular flexibility index (Phi) is 6.23. The first-order chi connectivity index (χ1) is 14.9. The molecular formula is C25H26ClN3O2. The van der Waals surface area contributed by atoms with Crippen LogP contribution in [0.1, 0.15) is 64.6 Å². The summed E-state index contributed by atoms with van der Waals surface area (Å²) in [5.74, 6) is 0.0657. The highest BCUT2D eigenvalue weighted by atomic mass is 35.5. The van der Waals surface area contributed by atoms with E-state index < -0.39 is 0 Å². The van der Waals surface area contributed by atoms with Crippen molar-refractivity contribution in [1.29, 1.82) is 0 Å². The van der Waals surface area contributed by atoms with Gasteiger partial charge < -0.3 is 4.90 Å². The SMILES string of the molecule is CC(C)n1cc(C(=O)CCc2ccc3c(c2)CCCN3C(=O)c2cccc(Cl)c2)cn1. The molecule has 0 saturated carbocycles. The molecule has 0 bridgehead atoms. The minimum atomic E-state index is -0.0338. The first kappa shape index (κ1) is 21.3. The molecule has 0 spiro atoms. The molecule has 31 heavy (non-hydrogen) atoms. The first-order valence-corrected chi connectivity index (χ1v) is 11.1. The summed E-state index contributed by atoms with van der Waals surface area (Å²) in [6.45, 7) is 4.76. The number of aromatic nitrogens is 2. The predicted molar refractivity (Wildman–Crippen MR) is 123 cm³/mol. The standard InChI is InChI=1S/C25H26ClN3O2/c1-17(2)29-16-21(15-27-29)24(30)11-9-18-8-10-23-19(13-18)6-4-12-28(23)25(31)20-5-3-7-22(26)14-20/h3,5,7-8,10,13-17H,4,6,9,11-12H2,1-2H3. The molecule has 1 amide bonds. The van der Waals surface area contributed by atoms with Crippen LogP contribution in [0.5, 0.6) is 0 Å². The van der Waals surface area contributed by atoms with Gasteiger partial charge in [-0.15, -0.1) is 0 Å². The van der Waals surface area contributed by atoms with Crippen molar-refractivity contribution in [2.45, 2.75) is 45.6 Å². The number of hydrogen-bond donors (Lipinski definition) is 0. The van der Waals surface area contributed by atoms with Crippen LogP contribution < -0.4 is 4.90 Å². The number of amides is 1. The van der Waals surface area contributed by atoms with Crippen molar-refractivity contribution >= 4 is 29.0 Å². The summed E-state index contributed by atoms with van der Waals surface area (Å²) >= 11 is 6.07. The third-order valence-electron chi connectivity index (χ3n) is 5.67. The van der Waals surface area contributed by atoms with Gasteiger partial charge in [0.05, 0.1) is 11.8 Å². The molecule has 2 heterocycles. The van der Waals surface area contributed by atoms with Gasteiger partial charge in [-0.25, -0.2) is 0 Å². The molecule has 6 heteroatoms. The van der Waals surface area contributed by atoms with Crippen LogP contribution in [0, 0.1) is 0 Å². The lowest BCUT2D eigenvalue weighted by molar-refractivity contribution is 0.0976. The van der Waals surface area contributed by atoms with Crippen LogP contribution in [0.4, 0.5) is 5.69 Å². The fourth-order valence-electron chi connectivity index (χ4n) is 3.96. The van der Waals surface area contributed by atoms with E-state index in [1.807, 2.05) is 37.1 Å². The van der Waals surface area contributed by atoms with E-state index in [-0.39, 0.29) is 17.7 Å². The van der Waals surface area contributed by atoms with Gasteiger partial charge in [0.25, 0.3) is 5.91 Å². The average Bonchev–Trinajstić information content (AvgIpc) is 3.27. The number of hydrogen-bond acceptors (Lipinski definition) is 3. The molecule has 0 aliphatic carbocycles. The maximum absolute atomic E-state index is 13.0. The van der Waals surface area contributed by atoms with Crippen LogP contribution in [-0.4, -0.2) is 28.0 Å². The van der Waals surface area contributed by atoms with Crippen molar-refractivity contribution < 1.29 is 9.59 Å². The number of anilines is 1. The van der Waals surface area contributed by atoms with Gasteiger partial charge >= 0.3 is 0 Å². The average molecular weight is 436 g/mol. The van der Waals surface area contributed by atoms with Crippen molar-refractivity contribution in [3.05, 3.63) is 82.1 Å². The summed E-state index contributed by atoms with van der Waals surface area (Å²) in [6.07, 6.45) is 6.41. The smallest absolute Gasteiger partial charge is 0.258 e. The lowest BCUT2D eigenvalue weighted by atomic mass is 9.96. The zero-order valence-electron chi connectivity index (χ0n) is 17.8. The number of benzene rings is 2. The van der Waals surface area contributed by atoms with Gasteiger partial charge in [0, 0.05) is 41.5 Å². The third-order valence-corrected chi connectivity index (χ3v) is 5.91. The summed E-state index contributed by atoms with van der Waals surface area (Å²) in [7, 11) is 0. The van der Waals surface area contributed by atoms with Crippen LogP contribution >= 0.6 is 11.6 Å². The van der Waals surface area contributed by atoms with E-state index in [2.05, 4.69) is 11.2 Å². The number of nitrogens with zero attached hydrogens (tertiary/aromatic N) is 3. The zero-order chi connectivity index (χ0) is 22.0. The van der Waals surface area contributed by atoms with E-state index >= 15 is 0 Å². The Balaban J connectivity index is 1.46. The topological polar surface area (TPSA) is 55.2 Å². The Morgan fingerprint density at radius 3 is 2.71 bits per heavy atom. The highest BCUT2D eigenvalue weighted by molar-refractivity contribution is 6.31. The van der Waals surface area contributed by atoms with E-state index in [4.69, 9.17) is 11.6 Å². The molecular weight excluding hydrogens is 410 g/mol. The van der Waals surface area contributed by atoms with Crippen molar-refractivity contribution in [3.63, 3.8) is 0 Å². The van der Waals surface area contributed by atoms with Gasteiger partial charge in [-0.1, -0.05) is 29.8 Å². The molecule has 5 nitrogen and oxygen atoms in total. The second-order valence-corrected chi connectivity index (χ2v) is 8.70. The number of rotatable bonds is 6. The quantitative estimate of drug-likeness (QED) is 0.478. The second kappa shape index (κ2) is 9.06. The molecule has 0 atom stereocenters. The number of Topliss-reactive ketones (excluding diaryl/α,β-unsaturated/α-hetero) is 1. The van der Waals surface area contributed by atoms with Crippen molar-refractivity contribution in [2.75, 3.05) is 11.4 Å². The van der Waals surface area contributed by atoms with Crippen LogP contribution in [0.2, 0.25) is 5.02 Å². The van der Waals surface area contributed by atoms with Crippen LogP contribution in [0.15, 0.2) is 54.9 Å². The molecule has 0 saturated heterocycles. The molecule has 160 valence electrons. The highest BCUT2D eigenvalue weighted by Gasteiger charge is 2.24. The summed E-state index contributed by atoms with van der Waals surface area (Å²) < 4.78 is 1.80. The summed E-state index contributed by atoms with van der Waals surface area (Å²) in [4.78, 5) is 27.4. The molecule has 0 unspecified atom stereocenters. The monoisotopic (exact) mass is 435 g/mol. The van der Waals surface area contributed by atoms with Crippen LogP contribution in [0.3, 0.4) is 0 Å². The fourth-order valence-corrected chi connectivity index (χ4v) is 4.15. The van der Waals surface area contributed by atoms with Crippen LogP contribution in [-0.2, 0) is 12.8 Å². The fraction of sp³-hybridized carbons (Fsp3) is 0.320. The molecule has 0 fully saturated rings.